The van der Waals surface area contributed by atoms with Crippen molar-refractivity contribution in [2.24, 2.45) is 0 Å². The summed E-state index contributed by atoms with van der Waals surface area (Å²) in [5, 5.41) is 2.92. The highest BCUT2D eigenvalue weighted by Crippen LogP contribution is 2.33. The molecule has 0 bridgehead atoms. The molecule has 21 heavy (non-hydrogen) atoms. The topological polar surface area (TPSA) is 58.4 Å². The SMILES string of the molecule is Cc1ccc(NC(=O)CN2CCc3cccc(N)c32)cc1. The molecule has 1 aliphatic rings. The van der Waals surface area contributed by atoms with E-state index in [1.807, 2.05) is 48.2 Å². The maximum Gasteiger partial charge on any atom is 0.243 e. The number of benzene rings is 2. The summed E-state index contributed by atoms with van der Waals surface area (Å²) in [5.41, 5.74) is 11.0. The molecule has 3 rings (SSSR count). The zero-order chi connectivity index (χ0) is 14.8. The molecule has 0 spiro atoms. The zero-order valence-corrected chi connectivity index (χ0v) is 12.1. The number of rotatable bonds is 3. The van der Waals surface area contributed by atoms with Crippen LogP contribution in [0.25, 0.3) is 0 Å². The van der Waals surface area contributed by atoms with Gasteiger partial charge in [-0.15, -0.1) is 0 Å². The summed E-state index contributed by atoms with van der Waals surface area (Å²) in [6.45, 7) is 3.19. The van der Waals surface area contributed by atoms with Crippen molar-refractivity contribution in [2.45, 2.75) is 13.3 Å². The van der Waals surface area contributed by atoms with E-state index in [2.05, 4.69) is 11.4 Å². The van der Waals surface area contributed by atoms with Gasteiger partial charge in [-0.2, -0.15) is 0 Å². The van der Waals surface area contributed by atoms with Gasteiger partial charge in [0.05, 0.1) is 17.9 Å². The third-order valence-electron chi connectivity index (χ3n) is 3.79. The number of carbonyl (C=O) groups excluding carboxylic acids is 1. The van der Waals surface area contributed by atoms with Crippen molar-refractivity contribution in [3.05, 3.63) is 53.6 Å². The number of amides is 1. The van der Waals surface area contributed by atoms with Crippen LogP contribution >= 0.6 is 0 Å². The molecule has 0 unspecified atom stereocenters. The van der Waals surface area contributed by atoms with Crippen LogP contribution in [-0.4, -0.2) is 19.0 Å². The number of nitrogens with two attached hydrogens (primary N) is 1. The van der Waals surface area contributed by atoms with Crippen LogP contribution in [0.3, 0.4) is 0 Å². The van der Waals surface area contributed by atoms with Crippen LogP contribution in [0.2, 0.25) is 0 Å². The van der Waals surface area contributed by atoms with Gasteiger partial charge in [0.15, 0.2) is 0 Å². The molecular formula is C17H19N3O. The van der Waals surface area contributed by atoms with E-state index < -0.39 is 0 Å². The van der Waals surface area contributed by atoms with Gasteiger partial charge in [-0.1, -0.05) is 29.8 Å². The fourth-order valence-corrected chi connectivity index (χ4v) is 2.73. The molecule has 2 aromatic rings. The highest BCUT2D eigenvalue weighted by molar-refractivity contribution is 5.95. The number of fused-ring (bicyclic) bond motifs is 1. The Morgan fingerprint density at radius 3 is 2.76 bits per heavy atom. The molecule has 0 fully saturated rings. The molecule has 1 amide bonds. The van der Waals surface area contributed by atoms with Gasteiger partial charge in [0.2, 0.25) is 5.91 Å². The number of hydrogen-bond acceptors (Lipinski definition) is 3. The maximum absolute atomic E-state index is 12.2. The average molecular weight is 281 g/mol. The van der Waals surface area contributed by atoms with Crippen LogP contribution in [-0.2, 0) is 11.2 Å². The van der Waals surface area contributed by atoms with Crippen molar-refractivity contribution in [1.29, 1.82) is 0 Å². The Morgan fingerprint density at radius 1 is 1.24 bits per heavy atom. The van der Waals surface area contributed by atoms with E-state index in [1.165, 1.54) is 11.1 Å². The number of hydrogen-bond donors (Lipinski definition) is 2. The Balaban J connectivity index is 1.68. The van der Waals surface area contributed by atoms with Crippen molar-refractivity contribution in [2.75, 3.05) is 29.0 Å². The largest absolute Gasteiger partial charge is 0.397 e. The van der Waals surface area contributed by atoms with Gasteiger partial charge in [-0.3, -0.25) is 4.79 Å². The normalized spacial score (nSPS) is 13.1. The van der Waals surface area contributed by atoms with Crippen LogP contribution in [0, 0.1) is 6.92 Å². The monoisotopic (exact) mass is 281 g/mol. The van der Waals surface area contributed by atoms with E-state index in [1.54, 1.807) is 0 Å². The highest BCUT2D eigenvalue weighted by Gasteiger charge is 2.23. The van der Waals surface area contributed by atoms with Gasteiger partial charge in [0, 0.05) is 12.2 Å². The highest BCUT2D eigenvalue weighted by atomic mass is 16.2. The summed E-state index contributed by atoms with van der Waals surface area (Å²) in [4.78, 5) is 14.2. The Bertz CT molecular complexity index is 664. The summed E-state index contributed by atoms with van der Waals surface area (Å²) in [5.74, 6) is -0.0186. The number of carbonyl (C=O) groups is 1. The fraction of sp³-hybridized carbons (Fsp3) is 0.235. The van der Waals surface area contributed by atoms with Gasteiger partial charge in [0.25, 0.3) is 0 Å². The van der Waals surface area contributed by atoms with Crippen LogP contribution in [0.4, 0.5) is 17.1 Å². The molecule has 0 saturated heterocycles. The number of aryl methyl sites for hydroxylation is 1. The first kappa shape index (κ1) is 13.5. The Hall–Kier alpha value is -2.49. The van der Waals surface area contributed by atoms with E-state index in [0.717, 1.165) is 30.0 Å². The number of anilines is 3. The van der Waals surface area contributed by atoms with E-state index in [0.29, 0.717) is 6.54 Å². The molecule has 0 aliphatic carbocycles. The smallest absolute Gasteiger partial charge is 0.243 e. The Labute approximate surface area is 124 Å². The van der Waals surface area contributed by atoms with Crippen LogP contribution in [0.1, 0.15) is 11.1 Å². The number of nitrogens with one attached hydrogen (secondary N) is 1. The Morgan fingerprint density at radius 2 is 2.00 bits per heavy atom. The first-order chi connectivity index (χ1) is 10.1. The molecule has 108 valence electrons. The lowest BCUT2D eigenvalue weighted by molar-refractivity contribution is -0.114. The number of para-hydroxylation sites is 1. The minimum atomic E-state index is -0.0186. The van der Waals surface area contributed by atoms with Crippen molar-refractivity contribution >= 4 is 23.0 Å². The summed E-state index contributed by atoms with van der Waals surface area (Å²) in [7, 11) is 0. The Kier molecular flexibility index (Phi) is 3.52. The average Bonchev–Trinajstić information content (AvgIpc) is 2.86. The number of nitrogens with zero attached hydrogens (tertiary/aromatic N) is 1. The molecule has 0 atom stereocenters. The molecular weight excluding hydrogens is 262 g/mol. The molecule has 0 aromatic heterocycles. The van der Waals surface area contributed by atoms with Gasteiger partial charge < -0.3 is 16.0 Å². The van der Waals surface area contributed by atoms with Crippen LogP contribution in [0.5, 0.6) is 0 Å². The summed E-state index contributed by atoms with van der Waals surface area (Å²) in [6.07, 6.45) is 0.943. The molecule has 1 heterocycles. The minimum absolute atomic E-state index is 0.0186. The lowest BCUT2D eigenvalue weighted by Crippen LogP contribution is -2.32. The van der Waals surface area contributed by atoms with Gasteiger partial charge in [0.1, 0.15) is 0 Å². The second-order valence-electron chi connectivity index (χ2n) is 5.44. The molecule has 0 radical (unpaired) electrons. The second-order valence-corrected chi connectivity index (χ2v) is 5.44. The molecule has 1 aliphatic heterocycles. The van der Waals surface area contributed by atoms with Crippen molar-refractivity contribution in [3.63, 3.8) is 0 Å². The van der Waals surface area contributed by atoms with Gasteiger partial charge >= 0.3 is 0 Å². The summed E-state index contributed by atoms with van der Waals surface area (Å²) >= 11 is 0. The molecule has 3 N–H and O–H groups in total. The van der Waals surface area contributed by atoms with Crippen LogP contribution < -0.4 is 16.0 Å². The van der Waals surface area contributed by atoms with Crippen LogP contribution in [0.15, 0.2) is 42.5 Å². The molecule has 4 heteroatoms. The maximum atomic E-state index is 12.2. The predicted molar refractivity (Wildman–Crippen MR) is 86.6 cm³/mol. The molecule has 2 aromatic carbocycles. The van der Waals surface area contributed by atoms with E-state index >= 15 is 0 Å². The summed E-state index contributed by atoms with van der Waals surface area (Å²) in [6, 6.07) is 13.7. The molecule has 4 nitrogen and oxygen atoms in total. The number of nitrogen functional groups attached to an aromatic ring is 1. The lowest BCUT2D eigenvalue weighted by atomic mass is 10.1. The van der Waals surface area contributed by atoms with E-state index in [-0.39, 0.29) is 5.91 Å². The second kappa shape index (κ2) is 5.48. The predicted octanol–water partition coefficient (Wildman–Crippen LogP) is 2.58. The molecule has 0 saturated carbocycles. The van der Waals surface area contributed by atoms with E-state index in [9.17, 15) is 4.79 Å². The lowest BCUT2D eigenvalue weighted by Gasteiger charge is -2.20. The van der Waals surface area contributed by atoms with Crippen molar-refractivity contribution < 1.29 is 4.79 Å². The van der Waals surface area contributed by atoms with Crippen molar-refractivity contribution in [3.8, 4) is 0 Å². The first-order valence-corrected chi connectivity index (χ1v) is 7.12. The third kappa shape index (κ3) is 2.84. The fourth-order valence-electron chi connectivity index (χ4n) is 2.73. The van der Waals surface area contributed by atoms with Gasteiger partial charge in [-0.25, -0.2) is 0 Å². The quantitative estimate of drug-likeness (QED) is 0.850. The minimum Gasteiger partial charge on any atom is -0.397 e. The van der Waals surface area contributed by atoms with E-state index in [4.69, 9.17) is 5.73 Å². The van der Waals surface area contributed by atoms with Crippen molar-refractivity contribution in [1.82, 2.24) is 0 Å². The summed E-state index contributed by atoms with van der Waals surface area (Å²) < 4.78 is 0. The zero-order valence-electron chi connectivity index (χ0n) is 12.1. The first-order valence-electron chi connectivity index (χ1n) is 7.12. The van der Waals surface area contributed by atoms with Gasteiger partial charge in [-0.05, 0) is 37.1 Å². The standard InChI is InChI=1S/C17H19N3O/c1-12-5-7-14(8-6-12)19-16(21)11-20-10-9-13-3-2-4-15(18)17(13)20/h2-8H,9-11,18H2,1H3,(H,19,21). The third-order valence-corrected chi connectivity index (χ3v) is 3.79.